The number of imide groups is 1. The molecule has 2 heterocycles. The van der Waals surface area contributed by atoms with E-state index in [-0.39, 0.29) is 22.5 Å². The van der Waals surface area contributed by atoms with Crippen molar-refractivity contribution in [1.82, 2.24) is 0 Å². The summed E-state index contributed by atoms with van der Waals surface area (Å²) in [6, 6.07) is 11.4. The van der Waals surface area contributed by atoms with Crippen molar-refractivity contribution in [3.63, 3.8) is 0 Å². The Morgan fingerprint density at radius 2 is 1.22 bits per heavy atom. The van der Waals surface area contributed by atoms with Gasteiger partial charge in [-0.05, 0) is 24.3 Å². The van der Waals surface area contributed by atoms with Crippen molar-refractivity contribution in [1.29, 1.82) is 0 Å². The van der Waals surface area contributed by atoms with Crippen LogP contribution in [0.2, 0.25) is 0 Å². The van der Waals surface area contributed by atoms with Crippen LogP contribution in [0, 0.1) is 0 Å². The molecule has 0 radical (unpaired) electrons. The highest BCUT2D eigenvalue weighted by Crippen LogP contribution is 2.31. The lowest BCUT2D eigenvalue weighted by Gasteiger charge is -2.17. The zero-order chi connectivity index (χ0) is 19.3. The maximum Gasteiger partial charge on any atom is 0.422 e. The van der Waals surface area contributed by atoms with E-state index in [4.69, 9.17) is 4.84 Å². The topological polar surface area (TPSA) is 118 Å². The van der Waals surface area contributed by atoms with Gasteiger partial charge in [0.2, 0.25) is 0 Å². The number of rotatable bonds is 1. The Morgan fingerprint density at radius 1 is 0.704 bits per heavy atom. The lowest BCUT2D eigenvalue weighted by Crippen LogP contribution is -2.44. The predicted molar refractivity (Wildman–Crippen MR) is 87.6 cm³/mol. The van der Waals surface area contributed by atoms with Crippen LogP contribution in [0.5, 0.6) is 0 Å². The number of Topliss-reactive ketones (excluding diaryl/α,β-unsaturated/α-hetero) is 2. The zero-order valence-electron chi connectivity index (χ0n) is 13.4. The summed E-state index contributed by atoms with van der Waals surface area (Å²) in [6.45, 7) is 0. The summed E-state index contributed by atoms with van der Waals surface area (Å²) >= 11 is 0. The highest BCUT2D eigenvalue weighted by atomic mass is 16.7. The number of carbonyl (C=O) groups is 6. The van der Waals surface area contributed by atoms with Crippen LogP contribution in [0.15, 0.2) is 48.5 Å². The maximum absolute atomic E-state index is 12.4. The van der Waals surface area contributed by atoms with Crippen molar-refractivity contribution in [3.8, 4) is 0 Å². The number of carbonyl (C=O) groups excluding carboxylic acids is 6. The van der Waals surface area contributed by atoms with E-state index >= 15 is 0 Å². The average molecular weight is 364 g/mol. The van der Waals surface area contributed by atoms with E-state index in [1.165, 1.54) is 48.5 Å². The quantitative estimate of drug-likeness (QED) is 0.673. The number of fused-ring (bicyclic) bond motifs is 2. The van der Waals surface area contributed by atoms with Crippen LogP contribution in [0.3, 0.4) is 0 Å². The molecule has 0 aliphatic carbocycles. The van der Waals surface area contributed by atoms with E-state index in [1.807, 2.05) is 0 Å². The van der Waals surface area contributed by atoms with Gasteiger partial charge in [-0.2, -0.15) is 0 Å². The number of amides is 3. The first-order valence-corrected chi connectivity index (χ1v) is 7.63. The van der Waals surface area contributed by atoms with Gasteiger partial charge < -0.3 is 4.84 Å². The largest absolute Gasteiger partial charge is 0.422 e. The molecule has 9 heteroatoms. The Kier molecular flexibility index (Phi) is 3.45. The fourth-order valence-corrected chi connectivity index (χ4v) is 2.85. The van der Waals surface area contributed by atoms with Gasteiger partial charge >= 0.3 is 23.7 Å². The second-order valence-corrected chi connectivity index (χ2v) is 5.62. The van der Waals surface area contributed by atoms with Crippen LogP contribution in [-0.2, 0) is 24.0 Å². The number of benzene rings is 2. The van der Waals surface area contributed by atoms with Gasteiger partial charge in [0.25, 0.3) is 11.6 Å². The molecule has 27 heavy (non-hydrogen) atoms. The van der Waals surface area contributed by atoms with Gasteiger partial charge in [-0.3, -0.25) is 24.0 Å². The first-order chi connectivity index (χ1) is 12.9. The summed E-state index contributed by atoms with van der Waals surface area (Å²) in [6.07, 6.45) is 0. The van der Waals surface area contributed by atoms with Crippen LogP contribution < -0.4 is 9.96 Å². The second-order valence-electron chi connectivity index (χ2n) is 5.62. The summed E-state index contributed by atoms with van der Waals surface area (Å²) in [7, 11) is 0. The smallest absolute Gasteiger partial charge is 0.323 e. The molecule has 4 rings (SSSR count). The minimum absolute atomic E-state index is 0.00197. The predicted octanol–water partition coefficient (Wildman–Crippen LogP) is 0.430. The Labute approximate surface area is 150 Å². The number of anilines is 2. The first kappa shape index (κ1) is 16.3. The molecule has 2 aromatic carbocycles. The van der Waals surface area contributed by atoms with E-state index in [1.54, 1.807) is 0 Å². The number of hydrogen-bond donors (Lipinski definition) is 0. The standard InChI is InChI=1S/C18H8N2O7/c21-13-9-5-1-3-7-11(9)19(15(13)23)17(25)18(26)27-20-12-8-4-2-6-10(12)14(22)16(20)24/h1-8H. The van der Waals surface area contributed by atoms with Gasteiger partial charge in [0.05, 0.1) is 22.5 Å². The SMILES string of the molecule is O=C(ON1C(=O)C(=O)c2ccccc21)C(=O)N1C(=O)C(=O)c2ccccc21. The molecule has 0 atom stereocenters. The Hall–Kier alpha value is -4.14. The Bertz CT molecular complexity index is 1090. The van der Waals surface area contributed by atoms with Gasteiger partial charge in [-0.15, -0.1) is 5.06 Å². The lowest BCUT2D eigenvalue weighted by molar-refractivity contribution is -0.157. The molecule has 132 valence electrons. The Balaban J connectivity index is 1.62. The molecule has 0 N–H and O–H groups in total. The molecule has 0 aromatic heterocycles. The lowest BCUT2D eigenvalue weighted by atomic mass is 10.1. The molecule has 2 aromatic rings. The van der Waals surface area contributed by atoms with Crippen LogP contribution in [-0.4, -0.2) is 35.3 Å². The fraction of sp³-hybridized carbons (Fsp3) is 0. The van der Waals surface area contributed by atoms with E-state index in [2.05, 4.69) is 0 Å². The number of para-hydroxylation sites is 2. The van der Waals surface area contributed by atoms with Gasteiger partial charge in [0.15, 0.2) is 0 Å². The van der Waals surface area contributed by atoms with Crippen LogP contribution in [0.25, 0.3) is 0 Å². The molecule has 0 fully saturated rings. The van der Waals surface area contributed by atoms with Crippen LogP contribution >= 0.6 is 0 Å². The molecule has 0 unspecified atom stereocenters. The van der Waals surface area contributed by atoms with Crippen molar-refractivity contribution < 1.29 is 33.6 Å². The minimum Gasteiger partial charge on any atom is -0.323 e. The normalized spacial score (nSPS) is 15.1. The molecular weight excluding hydrogens is 356 g/mol. The number of ketones is 2. The maximum atomic E-state index is 12.4. The van der Waals surface area contributed by atoms with E-state index in [9.17, 15) is 28.8 Å². The molecule has 0 saturated heterocycles. The molecule has 3 amide bonds. The summed E-state index contributed by atoms with van der Waals surface area (Å²) in [5.74, 6) is -7.24. The summed E-state index contributed by atoms with van der Waals surface area (Å²) in [5, 5.41) is 0.395. The van der Waals surface area contributed by atoms with Crippen molar-refractivity contribution in [2.45, 2.75) is 0 Å². The minimum atomic E-state index is -1.59. The van der Waals surface area contributed by atoms with E-state index < -0.39 is 35.3 Å². The summed E-state index contributed by atoms with van der Waals surface area (Å²) < 4.78 is 0. The molecule has 2 aliphatic rings. The van der Waals surface area contributed by atoms with Crippen molar-refractivity contribution in [2.75, 3.05) is 9.96 Å². The fourth-order valence-electron chi connectivity index (χ4n) is 2.85. The zero-order valence-corrected chi connectivity index (χ0v) is 13.4. The van der Waals surface area contributed by atoms with Crippen molar-refractivity contribution in [3.05, 3.63) is 59.7 Å². The van der Waals surface area contributed by atoms with Crippen molar-refractivity contribution >= 4 is 46.6 Å². The second kappa shape index (κ2) is 5.70. The number of hydroxylamine groups is 1. The van der Waals surface area contributed by atoms with E-state index in [0.717, 1.165) is 0 Å². The number of hydrogen-bond acceptors (Lipinski definition) is 7. The third kappa shape index (κ3) is 2.25. The first-order valence-electron chi connectivity index (χ1n) is 7.63. The van der Waals surface area contributed by atoms with Crippen LogP contribution in [0.1, 0.15) is 20.7 Å². The molecule has 0 spiro atoms. The van der Waals surface area contributed by atoms with Gasteiger partial charge in [-0.1, -0.05) is 24.3 Å². The van der Waals surface area contributed by atoms with Crippen molar-refractivity contribution in [2.24, 2.45) is 0 Å². The van der Waals surface area contributed by atoms with Gasteiger partial charge in [-0.25, -0.2) is 9.69 Å². The average Bonchev–Trinajstić information content (AvgIpc) is 3.08. The number of nitrogens with zero attached hydrogens (tertiary/aromatic N) is 2. The monoisotopic (exact) mass is 364 g/mol. The molecule has 0 saturated carbocycles. The molecule has 0 bridgehead atoms. The highest BCUT2D eigenvalue weighted by Gasteiger charge is 2.45. The third-order valence-electron chi connectivity index (χ3n) is 4.08. The highest BCUT2D eigenvalue weighted by molar-refractivity contribution is 6.61. The molecule has 9 nitrogen and oxygen atoms in total. The third-order valence-corrected chi connectivity index (χ3v) is 4.08. The summed E-state index contributed by atoms with van der Waals surface area (Å²) in [4.78, 5) is 77.7. The van der Waals surface area contributed by atoms with Gasteiger partial charge in [0.1, 0.15) is 0 Å². The molecular formula is C18H8N2O7. The van der Waals surface area contributed by atoms with Crippen LogP contribution in [0.4, 0.5) is 11.4 Å². The molecule has 2 aliphatic heterocycles. The summed E-state index contributed by atoms with van der Waals surface area (Å²) in [5.41, 5.74) is -0.0708. The Morgan fingerprint density at radius 3 is 1.89 bits per heavy atom. The van der Waals surface area contributed by atoms with E-state index in [0.29, 0.717) is 9.96 Å². The van der Waals surface area contributed by atoms with Gasteiger partial charge in [0, 0.05) is 0 Å².